The fourth-order valence-corrected chi connectivity index (χ4v) is 6.48. The number of imide groups is 1. The molecule has 2 aromatic carbocycles. The van der Waals surface area contributed by atoms with Gasteiger partial charge in [0.1, 0.15) is 11.7 Å². The number of aromatic nitrogens is 3. The van der Waals surface area contributed by atoms with Crippen LogP contribution in [-0.2, 0) is 11.3 Å². The van der Waals surface area contributed by atoms with E-state index in [-0.39, 0.29) is 30.1 Å². The SMILES string of the molecule is Cc1c2c(=O)n(CCCN3C(=O)c4ccccc4C3=O)c3c(Br)cc(Cl)cc3c2nn1C1CCCCO1. The highest BCUT2D eigenvalue weighted by molar-refractivity contribution is 9.10. The van der Waals surface area contributed by atoms with Crippen LogP contribution in [-0.4, -0.2) is 44.2 Å². The lowest BCUT2D eigenvalue weighted by Gasteiger charge is -2.23. The zero-order valence-electron chi connectivity index (χ0n) is 20.2. The summed E-state index contributed by atoms with van der Waals surface area (Å²) in [6.45, 7) is 3.07. The molecule has 1 saturated heterocycles. The molecule has 1 fully saturated rings. The van der Waals surface area contributed by atoms with Gasteiger partial charge in [-0.05, 0) is 72.8 Å². The van der Waals surface area contributed by atoms with E-state index in [4.69, 9.17) is 21.4 Å². The summed E-state index contributed by atoms with van der Waals surface area (Å²) >= 11 is 10.0. The van der Waals surface area contributed by atoms with Crippen LogP contribution in [0, 0.1) is 6.92 Å². The van der Waals surface area contributed by atoms with Crippen molar-refractivity contribution in [3.63, 3.8) is 0 Å². The second-order valence-electron chi connectivity index (χ2n) is 9.48. The molecule has 2 aromatic heterocycles. The number of benzene rings is 2. The van der Waals surface area contributed by atoms with E-state index >= 15 is 0 Å². The number of pyridine rings is 1. The fraction of sp³-hybridized carbons (Fsp3) is 0.333. The highest BCUT2D eigenvalue weighted by Crippen LogP contribution is 2.34. The minimum absolute atomic E-state index is 0.174. The van der Waals surface area contributed by atoms with Crippen LogP contribution in [0.25, 0.3) is 21.8 Å². The first-order valence-electron chi connectivity index (χ1n) is 12.3. The van der Waals surface area contributed by atoms with Crippen LogP contribution in [0.15, 0.2) is 45.7 Å². The van der Waals surface area contributed by atoms with Gasteiger partial charge in [0.05, 0.1) is 27.7 Å². The minimum Gasteiger partial charge on any atom is -0.357 e. The molecule has 0 bridgehead atoms. The monoisotopic (exact) mass is 582 g/mol. The molecule has 0 aliphatic carbocycles. The van der Waals surface area contributed by atoms with Crippen LogP contribution in [0.4, 0.5) is 0 Å². The Morgan fingerprint density at radius 2 is 1.81 bits per heavy atom. The van der Waals surface area contributed by atoms with Crippen molar-refractivity contribution in [2.24, 2.45) is 0 Å². The van der Waals surface area contributed by atoms with Gasteiger partial charge in [-0.2, -0.15) is 5.10 Å². The van der Waals surface area contributed by atoms with Gasteiger partial charge in [-0.3, -0.25) is 19.3 Å². The largest absolute Gasteiger partial charge is 0.357 e. The number of aryl methyl sites for hydroxylation is 2. The molecular formula is C27H24BrClN4O4. The molecule has 0 N–H and O–H groups in total. The summed E-state index contributed by atoms with van der Waals surface area (Å²) < 4.78 is 10.1. The standard InChI is InChI=1S/C27H24BrClN4O4/c1-15-22-23(30-33(15)21-9-4-5-12-37-21)19-13-16(29)14-20(28)24(19)31(27(22)36)10-6-11-32-25(34)17-7-2-3-8-18(17)26(32)35/h2-3,7-8,13-14,21H,4-6,9-12H2,1H3. The third-order valence-corrected chi connectivity index (χ3v) is 8.05. The Kier molecular flexibility index (Phi) is 6.17. The summed E-state index contributed by atoms with van der Waals surface area (Å²) in [5.74, 6) is -0.600. The molecule has 190 valence electrons. The van der Waals surface area contributed by atoms with Crippen LogP contribution < -0.4 is 5.56 Å². The van der Waals surface area contributed by atoms with Crippen molar-refractivity contribution in [1.82, 2.24) is 19.2 Å². The molecule has 4 aromatic rings. The summed E-state index contributed by atoms with van der Waals surface area (Å²) in [5, 5.41) is 6.64. The van der Waals surface area contributed by atoms with Crippen molar-refractivity contribution in [2.75, 3.05) is 13.2 Å². The lowest BCUT2D eigenvalue weighted by molar-refractivity contribution is -0.0402. The Bertz CT molecular complexity index is 1620. The normalized spacial score (nSPS) is 17.8. The Hall–Kier alpha value is -3.01. The Labute approximate surface area is 225 Å². The highest BCUT2D eigenvalue weighted by atomic mass is 79.9. The van der Waals surface area contributed by atoms with Gasteiger partial charge in [0, 0.05) is 34.6 Å². The van der Waals surface area contributed by atoms with Gasteiger partial charge in [0.15, 0.2) is 0 Å². The van der Waals surface area contributed by atoms with Gasteiger partial charge < -0.3 is 9.30 Å². The number of halogens is 2. The average molecular weight is 584 g/mol. The molecule has 1 atom stereocenters. The van der Waals surface area contributed by atoms with E-state index in [1.54, 1.807) is 34.9 Å². The van der Waals surface area contributed by atoms with E-state index in [0.717, 1.165) is 30.3 Å². The lowest BCUT2D eigenvalue weighted by Crippen LogP contribution is -2.32. The first-order chi connectivity index (χ1) is 17.9. The Balaban J connectivity index is 1.40. The Morgan fingerprint density at radius 1 is 1.08 bits per heavy atom. The van der Waals surface area contributed by atoms with E-state index in [1.165, 1.54) is 4.90 Å². The predicted octanol–water partition coefficient (Wildman–Crippen LogP) is 5.46. The summed E-state index contributed by atoms with van der Waals surface area (Å²) in [5.41, 5.74) is 2.68. The van der Waals surface area contributed by atoms with Crippen molar-refractivity contribution in [1.29, 1.82) is 0 Å². The van der Waals surface area contributed by atoms with E-state index < -0.39 is 0 Å². The van der Waals surface area contributed by atoms with Gasteiger partial charge in [-0.1, -0.05) is 23.7 Å². The van der Waals surface area contributed by atoms with Gasteiger partial charge in [-0.15, -0.1) is 0 Å². The molecule has 6 rings (SSSR count). The summed E-state index contributed by atoms with van der Waals surface area (Å²) in [6, 6.07) is 10.4. The number of carbonyl (C=O) groups is 2. The third kappa shape index (κ3) is 3.91. The van der Waals surface area contributed by atoms with Crippen LogP contribution in [0.1, 0.15) is 58.3 Å². The van der Waals surface area contributed by atoms with Crippen LogP contribution in [0.5, 0.6) is 0 Å². The number of nitrogens with zero attached hydrogens (tertiary/aromatic N) is 4. The van der Waals surface area contributed by atoms with Crippen molar-refractivity contribution in [3.8, 4) is 0 Å². The molecule has 8 nitrogen and oxygen atoms in total. The molecule has 2 amide bonds. The van der Waals surface area contributed by atoms with Crippen molar-refractivity contribution < 1.29 is 14.3 Å². The first-order valence-corrected chi connectivity index (χ1v) is 13.5. The maximum absolute atomic E-state index is 13.9. The predicted molar refractivity (Wildman–Crippen MR) is 144 cm³/mol. The minimum atomic E-state index is -0.300. The van der Waals surface area contributed by atoms with E-state index in [0.29, 0.717) is 56.6 Å². The molecular weight excluding hydrogens is 560 g/mol. The van der Waals surface area contributed by atoms with E-state index in [9.17, 15) is 14.4 Å². The average Bonchev–Trinajstić information content (AvgIpc) is 3.36. The lowest BCUT2D eigenvalue weighted by atomic mass is 10.1. The summed E-state index contributed by atoms with van der Waals surface area (Å²) in [4.78, 5) is 40.7. The smallest absolute Gasteiger partial charge is 0.262 e. The quantitative estimate of drug-likeness (QED) is 0.291. The van der Waals surface area contributed by atoms with Crippen molar-refractivity contribution in [2.45, 2.75) is 45.4 Å². The summed E-state index contributed by atoms with van der Waals surface area (Å²) in [6.07, 6.45) is 3.11. The van der Waals surface area contributed by atoms with Gasteiger partial charge in [0.2, 0.25) is 0 Å². The first kappa shape index (κ1) is 24.3. The Morgan fingerprint density at radius 3 is 2.49 bits per heavy atom. The van der Waals surface area contributed by atoms with Crippen molar-refractivity contribution >= 4 is 61.2 Å². The molecule has 1 unspecified atom stereocenters. The van der Waals surface area contributed by atoms with E-state index in [1.807, 2.05) is 17.7 Å². The number of fused-ring (bicyclic) bond motifs is 4. The molecule has 2 aliphatic heterocycles. The van der Waals surface area contributed by atoms with Crippen LogP contribution >= 0.6 is 27.5 Å². The number of rotatable bonds is 5. The number of carbonyl (C=O) groups excluding carboxylic acids is 2. The molecule has 4 heterocycles. The number of ether oxygens (including phenoxy) is 1. The number of hydrogen-bond donors (Lipinski definition) is 0. The molecule has 0 saturated carbocycles. The van der Waals surface area contributed by atoms with E-state index in [2.05, 4.69) is 15.9 Å². The van der Waals surface area contributed by atoms with Crippen LogP contribution in [0.3, 0.4) is 0 Å². The number of amides is 2. The van der Waals surface area contributed by atoms with Crippen LogP contribution in [0.2, 0.25) is 5.02 Å². The zero-order chi connectivity index (χ0) is 25.8. The topological polar surface area (TPSA) is 86.4 Å². The van der Waals surface area contributed by atoms with Gasteiger partial charge >= 0.3 is 0 Å². The zero-order valence-corrected chi connectivity index (χ0v) is 22.5. The third-order valence-electron chi connectivity index (χ3n) is 7.23. The second kappa shape index (κ2) is 9.38. The molecule has 0 spiro atoms. The van der Waals surface area contributed by atoms with Crippen molar-refractivity contribution in [3.05, 3.63) is 73.1 Å². The molecule has 2 aliphatic rings. The molecule has 0 radical (unpaired) electrons. The van der Waals surface area contributed by atoms with Gasteiger partial charge in [0.25, 0.3) is 17.4 Å². The highest BCUT2D eigenvalue weighted by Gasteiger charge is 2.34. The maximum Gasteiger partial charge on any atom is 0.262 e. The molecule has 37 heavy (non-hydrogen) atoms. The fourth-order valence-electron chi connectivity index (χ4n) is 5.46. The molecule has 10 heteroatoms. The van der Waals surface area contributed by atoms with Gasteiger partial charge in [-0.25, -0.2) is 4.68 Å². The summed E-state index contributed by atoms with van der Waals surface area (Å²) in [7, 11) is 0. The number of hydrogen-bond acceptors (Lipinski definition) is 5. The maximum atomic E-state index is 13.9. The second-order valence-corrected chi connectivity index (χ2v) is 10.8.